The molecule has 0 aliphatic carbocycles. The molecule has 0 saturated carbocycles. The number of carbonyl (C=O) groups excluding carboxylic acids is 3. The molecule has 4 aromatic carbocycles. The first-order chi connectivity index (χ1) is 16.9. The van der Waals surface area contributed by atoms with E-state index < -0.39 is 12.1 Å². The van der Waals surface area contributed by atoms with Crippen LogP contribution in [0, 0.1) is 13.8 Å². The highest BCUT2D eigenvalue weighted by atomic mass is 16.5. The van der Waals surface area contributed by atoms with Crippen LogP contribution in [0.5, 0.6) is 0 Å². The summed E-state index contributed by atoms with van der Waals surface area (Å²) < 4.78 is 5.75. The van der Waals surface area contributed by atoms with Gasteiger partial charge in [-0.1, -0.05) is 66.7 Å². The second-order valence-electron chi connectivity index (χ2n) is 8.26. The molecule has 0 radical (unpaired) electrons. The van der Waals surface area contributed by atoms with Crippen LogP contribution in [0.1, 0.15) is 53.9 Å². The molecule has 35 heavy (non-hydrogen) atoms. The molecule has 5 nitrogen and oxygen atoms in total. The fourth-order valence-electron chi connectivity index (χ4n) is 3.64. The van der Waals surface area contributed by atoms with Gasteiger partial charge in [-0.05, 0) is 61.4 Å². The van der Waals surface area contributed by atoms with Crippen LogP contribution < -0.4 is 5.32 Å². The first-order valence-corrected chi connectivity index (χ1v) is 11.3. The van der Waals surface area contributed by atoms with E-state index in [4.69, 9.17) is 4.74 Å². The predicted octanol–water partition coefficient (Wildman–Crippen LogP) is 6.34. The van der Waals surface area contributed by atoms with Gasteiger partial charge in [-0.3, -0.25) is 9.59 Å². The summed E-state index contributed by atoms with van der Waals surface area (Å²) in [5.41, 5.74) is 4.29. The number of rotatable bonds is 7. The highest BCUT2D eigenvalue weighted by Gasteiger charge is 2.27. The predicted molar refractivity (Wildman–Crippen MR) is 136 cm³/mol. The monoisotopic (exact) mass is 463 g/mol. The van der Waals surface area contributed by atoms with E-state index in [1.807, 2.05) is 32.0 Å². The third-order valence-electron chi connectivity index (χ3n) is 5.75. The number of esters is 1. The van der Waals surface area contributed by atoms with Crippen molar-refractivity contribution >= 4 is 23.3 Å². The summed E-state index contributed by atoms with van der Waals surface area (Å²) in [5.74, 6) is -1.25. The summed E-state index contributed by atoms with van der Waals surface area (Å²) in [6.45, 7) is 3.91. The Morgan fingerprint density at radius 2 is 1.31 bits per heavy atom. The largest absolute Gasteiger partial charge is 0.445 e. The Morgan fingerprint density at radius 3 is 2.00 bits per heavy atom. The Hall–Kier alpha value is -4.51. The van der Waals surface area contributed by atoms with Gasteiger partial charge in [0.15, 0.2) is 6.10 Å². The van der Waals surface area contributed by atoms with E-state index in [1.54, 1.807) is 78.9 Å². The third kappa shape index (κ3) is 5.71. The molecule has 0 aliphatic rings. The summed E-state index contributed by atoms with van der Waals surface area (Å²) in [5, 5.41) is 2.78. The highest BCUT2D eigenvalue weighted by Crippen LogP contribution is 2.26. The zero-order chi connectivity index (χ0) is 24.8. The number of ketones is 1. The van der Waals surface area contributed by atoms with Gasteiger partial charge < -0.3 is 10.1 Å². The van der Waals surface area contributed by atoms with E-state index in [0.717, 1.165) is 11.1 Å². The minimum atomic E-state index is -1.10. The molecule has 5 heteroatoms. The summed E-state index contributed by atoms with van der Waals surface area (Å²) in [4.78, 5) is 39.0. The van der Waals surface area contributed by atoms with E-state index >= 15 is 0 Å². The lowest BCUT2D eigenvalue weighted by atomic mass is 9.97. The van der Waals surface area contributed by atoms with E-state index in [-0.39, 0.29) is 17.3 Å². The smallest absolute Gasteiger partial charge is 0.339 e. The molecular formula is C30H25NO4. The third-order valence-corrected chi connectivity index (χ3v) is 5.75. The van der Waals surface area contributed by atoms with Gasteiger partial charge >= 0.3 is 5.97 Å². The van der Waals surface area contributed by atoms with Crippen LogP contribution in [0.15, 0.2) is 103 Å². The van der Waals surface area contributed by atoms with Gasteiger partial charge in [0, 0.05) is 22.4 Å². The van der Waals surface area contributed by atoms with Crippen molar-refractivity contribution in [2.24, 2.45) is 0 Å². The molecule has 0 spiro atoms. The number of nitrogens with one attached hydrogen (secondary N) is 1. The second-order valence-corrected chi connectivity index (χ2v) is 8.26. The van der Waals surface area contributed by atoms with Crippen LogP contribution in [-0.4, -0.2) is 17.7 Å². The number of aryl methyl sites for hydroxylation is 2. The molecule has 0 heterocycles. The Labute approximate surface area is 204 Å². The van der Waals surface area contributed by atoms with Crippen LogP contribution >= 0.6 is 0 Å². The summed E-state index contributed by atoms with van der Waals surface area (Å²) in [7, 11) is 0. The Morgan fingerprint density at radius 1 is 0.657 bits per heavy atom. The molecule has 0 fully saturated rings. The first kappa shape index (κ1) is 23.6. The van der Waals surface area contributed by atoms with Crippen LogP contribution in [0.3, 0.4) is 0 Å². The second kappa shape index (κ2) is 10.6. The summed E-state index contributed by atoms with van der Waals surface area (Å²) in [6, 6.07) is 29.6. The van der Waals surface area contributed by atoms with Gasteiger partial charge in [0.25, 0.3) is 5.91 Å². The summed E-state index contributed by atoms with van der Waals surface area (Å²) >= 11 is 0. The normalized spacial score (nSPS) is 11.4. The first-order valence-electron chi connectivity index (χ1n) is 11.3. The van der Waals surface area contributed by atoms with Crippen LogP contribution in [0.4, 0.5) is 5.69 Å². The average Bonchev–Trinajstić information content (AvgIpc) is 2.89. The minimum absolute atomic E-state index is 0.227. The minimum Gasteiger partial charge on any atom is -0.445 e. The van der Waals surface area contributed by atoms with Crippen molar-refractivity contribution in [3.63, 3.8) is 0 Å². The van der Waals surface area contributed by atoms with Crippen molar-refractivity contribution in [2.45, 2.75) is 20.0 Å². The molecule has 4 rings (SSSR count). The Balaban J connectivity index is 1.57. The number of carbonyl (C=O) groups is 3. The van der Waals surface area contributed by atoms with Crippen molar-refractivity contribution in [1.82, 2.24) is 0 Å². The molecule has 1 N–H and O–H groups in total. The number of amides is 1. The molecule has 0 saturated heterocycles. The zero-order valence-electron chi connectivity index (χ0n) is 19.5. The number of benzene rings is 4. The molecule has 1 atom stereocenters. The molecule has 0 aromatic heterocycles. The van der Waals surface area contributed by atoms with Gasteiger partial charge in [0.2, 0.25) is 5.78 Å². The number of anilines is 1. The van der Waals surface area contributed by atoms with Crippen molar-refractivity contribution in [1.29, 1.82) is 0 Å². The maximum absolute atomic E-state index is 13.4. The van der Waals surface area contributed by atoms with E-state index in [0.29, 0.717) is 22.4 Å². The molecule has 0 unspecified atom stereocenters. The lowest BCUT2D eigenvalue weighted by molar-refractivity contribution is 0.0280. The van der Waals surface area contributed by atoms with E-state index in [9.17, 15) is 14.4 Å². The van der Waals surface area contributed by atoms with Crippen LogP contribution in [0.2, 0.25) is 0 Å². The number of hydrogen-bond acceptors (Lipinski definition) is 4. The summed E-state index contributed by atoms with van der Waals surface area (Å²) in [6.07, 6.45) is -1.10. The maximum Gasteiger partial charge on any atom is 0.339 e. The molecule has 0 aliphatic heterocycles. The number of ether oxygens (including phenoxy) is 1. The molecular weight excluding hydrogens is 438 g/mol. The zero-order valence-corrected chi connectivity index (χ0v) is 19.5. The molecule has 4 aromatic rings. The van der Waals surface area contributed by atoms with Gasteiger partial charge in [-0.2, -0.15) is 0 Å². The van der Waals surface area contributed by atoms with Crippen molar-refractivity contribution in [3.8, 4) is 0 Å². The average molecular weight is 464 g/mol. The van der Waals surface area contributed by atoms with Crippen molar-refractivity contribution in [3.05, 3.63) is 137 Å². The van der Waals surface area contributed by atoms with Crippen LogP contribution in [0.25, 0.3) is 0 Å². The lowest BCUT2D eigenvalue weighted by Crippen LogP contribution is -2.21. The standard InChI is InChI=1S/C30H25NO4/c1-20-16-17-24(18-21(20)2)27(32)28(22-10-5-3-6-11-22)35-30(34)25-14-9-15-26(19-25)31-29(33)23-12-7-4-8-13-23/h3-19,28H,1-2H3,(H,31,33)/t28-/m1/s1. The number of hydrogen-bond donors (Lipinski definition) is 1. The Bertz CT molecular complexity index is 1360. The van der Waals surface area contributed by atoms with Gasteiger partial charge in [-0.15, -0.1) is 0 Å². The maximum atomic E-state index is 13.4. The van der Waals surface area contributed by atoms with Crippen molar-refractivity contribution in [2.75, 3.05) is 5.32 Å². The van der Waals surface area contributed by atoms with Gasteiger partial charge in [0.1, 0.15) is 0 Å². The topological polar surface area (TPSA) is 72.5 Å². The van der Waals surface area contributed by atoms with E-state index in [1.165, 1.54) is 6.07 Å². The SMILES string of the molecule is Cc1ccc(C(=O)[C@H](OC(=O)c2cccc(NC(=O)c3ccccc3)c2)c2ccccc2)cc1C. The Kier molecular flexibility index (Phi) is 7.17. The van der Waals surface area contributed by atoms with Gasteiger partial charge in [-0.25, -0.2) is 4.79 Å². The number of Topliss-reactive ketones (excluding diaryl/α,β-unsaturated/α-hetero) is 1. The quantitative estimate of drug-likeness (QED) is 0.257. The lowest BCUT2D eigenvalue weighted by Gasteiger charge is -2.18. The van der Waals surface area contributed by atoms with Gasteiger partial charge in [0.05, 0.1) is 5.56 Å². The van der Waals surface area contributed by atoms with Crippen molar-refractivity contribution < 1.29 is 19.1 Å². The molecule has 1 amide bonds. The molecule has 174 valence electrons. The highest BCUT2D eigenvalue weighted by molar-refractivity contribution is 6.05. The fraction of sp³-hybridized carbons (Fsp3) is 0.100. The van der Waals surface area contributed by atoms with E-state index in [2.05, 4.69) is 5.32 Å². The van der Waals surface area contributed by atoms with Crippen LogP contribution in [-0.2, 0) is 4.74 Å². The fourth-order valence-corrected chi connectivity index (χ4v) is 3.64. The molecule has 0 bridgehead atoms.